The highest BCUT2D eigenvalue weighted by Crippen LogP contribution is 2.40. The van der Waals surface area contributed by atoms with Crippen LogP contribution in [0.15, 0.2) is 54.6 Å². The highest BCUT2D eigenvalue weighted by atomic mass is 32.1. The maximum Gasteiger partial charge on any atom is 0.227 e. The Morgan fingerprint density at radius 2 is 1.66 bits per heavy atom. The Morgan fingerprint density at radius 1 is 0.938 bits per heavy atom. The summed E-state index contributed by atoms with van der Waals surface area (Å²) in [6.07, 6.45) is 0.431. The molecule has 1 fully saturated rings. The van der Waals surface area contributed by atoms with E-state index < -0.39 is 0 Å². The Hall–Kier alpha value is -3.32. The minimum atomic E-state index is 0.174. The molecular weight excluding hydrogens is 422 g/mol. The number of fused-ring (bicyclic) bond motifs is 2. The van der Waals surface area contributed by atoms with Crippen molar-refractivity contribution in [3.05, 3.63) is 60.2 Å². The molecule has 1 aliphatic rings. The van der Waals surface area contributed by atoms with Gasteiger partial charge in [-0.3, -0.25) is 4.79 Å². The van der Waals surface area contributed by atoms with Crippen molar-refractivity contribution in [2.45, 2.75) is 6.42 Å². The van der Waals surface area contributed by atoms with Gasteiger partial charge in [0.15, 0.2) is 5.13 Å². The van der Waals surface area contributed by atoms with Crippen molar-refractivity contribution in [3.63, 3.8) is 0 Å². The number of thiazole rings is 1. The van der Waals surface area contributed by atoms with Gasteiger partial charge in [0.05, 0.1) is 20.6 Å². The molecule has 0 bridgehead atoms. The molecular formula is C25H25N3O3S. The van der Waals surface area contributed by atoms with Gasteiger partial charge in [-0.2, -0.15) is 0 Å². The summed E-state index contributed by atoms with van der Waals surface area (Å²) in [6.45, 7) is 2.90. The maximum absolute atomic E-state index is 12.9. The van der Waals surface area contributed by atoms with Crippen LogP contribution >= 0.6 is 11.3 Å². The van der Waals surface area contributed by atoms with Crippen LogP contribution in [-0.4, -0.2) is 56.2 Å². The molecule has 0 atom stereocenters. The van der Waals surface area contributed by atoms with Gasteiger partial charge in [-0.15, -0.1) is 0 Å². The number of amides is 1. The van der Waals surface area contributed by atoms with E-state index in [0.717, 1.165) is 45.5 Å². The first-order valence-electron chi connectivity index (χ1n) is 10.7. The van der Waals surface area contributed by atoms with Crippen LogP contribution in [0.3, 0.4) is 0 Å². The molecule has 1 amide bonds. The molecule has 1 aliphatic heterocycles. The van der Waals surface area contributed by atoms with Crippen LogP contribution in [0.5, 0.6) is 11.5 Å². The van der Waals surface area contributed by atoms with E-state index in [-0.39, 0.29) is 5.91 Å². The fourth-order valence-corrected chi connectivity index (χ4v) is 5.32. The van der Waals surface area contributed by atoms with Gasteiger partial charge >= 0.3 is 0 Å². The number of ether oxygens (including phenoxy) is 2. The molecule has 5 rings (SSSR count). The average Bonchev–Trinajstić information content (AvgIpc) is 3.29. The van der Waals surface area contributed by atoms with Crippen LogP contribution < -0.4 is 14.4 Å². The lowest BCUT2D eigenvalue weighted by Crippen LogP contribution is -2.49. The number of carbonyl (C=O) groups is 1. The Labute approximate surface area is 191 Å². The fraction of sp³-hybridized carbons (Fsp3) is 0.280. The van der Waals surface area contributed by atoms with Gasteiger partial charge in [0.2, 0.25) is 5.91 Å². The van der Waals surface area contributed by atoms with Gasteiger partial charge in [-0.05, 0) is 28.5 Å². The summed E-state index contributed by atoms with van der Waals surface area (Å²) in [5.74, 6) is 1.72. The summed E-state index contributed by atoms with van der Waals surface area (Å²) < 4.78 is 12.0. The van der Waals surface area contributed by atoms with Gasteiger partial charge in [0, 0.05) is 26.2 Å². The molecule has 0 N–H and O–H groups in total. The van der Waals surface area contributed by atoms with Gasteiger partial charge in [-0.25, -0.2) is 4.98 Å². The quantitative estimate of drug-likeness (QED) is 0.455. The molecule has 6 nitrogen and oxygen atoms in total. The van der Waals surface area contributed by atoms with E-state index in [9.17, 15) is 4.79 Å². The normalized spacial score (nSPS) is 14.2. The molecule has 0 unspecified atom stereocenters. The number of hydrogen-bond acceptors (Lipinski definition) is 6. The summed E-state index contributed by atoms with van der Waals surface area (Å²) in [6, 6.07) is 18.3. The number of rotatable bonds is 5. The molecule has 32 heavy (non-hydrogen) atoms. The minimum absolute atomic E-state index is 0.174. The first kappa shape index (κ1) is 20.6. The number of benzene rings is 3. The number of anilines is 1. The summed E-state index contributed by atoms with van der Waals surface area (Å²) >= 11 is 1.60. The molecule has 0 radical (unpaired) electrons. The van der Waals surface area contributed by atoms with Crippen LogP contribution in [0.2, 0.25) is 0 Å². The van der Waals surface area contributed by atoms with Crippen molar-refractivity contribution < 1.29 is 14.3 Å². The van der Waals surface area contributed by atoms with Gasteiger partial charge in [0.1, 0.15) is 21.7 Å². The van der Waals surface area contributed by atoms with Crippen molar-refractivity contribution in [1.29, 1.82) is 0 Å². The predicted octanol–water partition coefficient (Wildman–Crippen LogP) is 4.36. The SMILES string of the molecule is COc1ccc(OC)c2sc(N3CCN(C(=O)Cc4ccc5ccccc5c4)CC3)nc12. The molecule has 7 heteroatoms. The highest BCUT2D eigenvalue weighted by molar-refractivity contribution is 7.22. The largest absolute Gasteiger partial charge is 0.495 e. The van der Waals surface area contributed by atoms with E-state index >= 15 is 0 Å². The van der Waals surface area contributed by atoms with E-state index in [1.807, 2.05) is 29.2 Å². The number of methoxy groups -OCH3 is 2. The number of piperazine rings is 1. The van der Waals surface area contributed by atoms with E-state index in [2.05, 4.69) is 35.2 Å². The zero-order chi connectivity index (χ0) is 22.1. The zero-order valence-electron chi connectivity index (χ0n) is 18.2. The van der Waals surface area contributed by atoms with Crippen molar-refractivity contribution in [1.82, 2.24) is 9.88 Å². The second-order valence-corrected chi connectivity index (χ2v) is 8.85. The summed E-state index contributed by atoms with van der Waals surface area (Å²) in [5, 5.41) is 3.30. The highest BCUT2D eigenvalue weighted by Gasteiger charge is 2.24. The van der Waals surface area contributed by atoms with Crippen LogP contribution in [-0.2, 0) is 11.2 Å². The first-order chi connectivity index (χ1) is 15.7. The van der Waals surface area contributed by atoms with Gasteiger partial charge in [-0.1, -0.05) is 53.8 Å². The van der Waals surface area contributed by atoms with E-state index in [1.54, 1.807) is 25.6 Å². The molecule has 0 spiro atoms. The van der Waals surface area contributed by atoms with Crippen molar-refractivity contribution in [2.24, 2.45) is 0 Å². The second-order valence-electron chi connectivity index (χ2n) is 7.87. The third-order valence-corrected chi connectivity index (χ3v) is 7.10. The second kappa shape index (κ2) is 8.67. The zero-order valence-corrected chi connectivity index (χ0v) is 19.0. The lowest BCUT2D eigenvalue weighted by Gasteiger charge is -2.34. The fourth-order valence-electron chi connectivity index (χ4n) is 4.19. The molecule has 1 saturated heterocycles. The van der Waals surface area contributed by atoms with Crippen LogP contribution in [0, 0.1) is 0 Å². The summed E-state index contributed by atoms with van der Waals surface area (Å²) in [4.78, 5) is 21.9. The van der Waals surface area contributed by atoms with E-state index in [4.69, 9.17) is 14.5 Å². The van der Waals surface area contributed by atoms with Crippen LogP contribution in [0.1, 0.15) is 5.56 Å². The van der Waals surface area contributed by atoms with Crippen molar-refractivity contribution in [2.75, 3.05) is 45.3 Å². The van der Waals surface area contributed by atoms with E-state index in [1.165, 1.54) is 10.8 Å². The third kappa shape index (κ3) is 3.84. The minimum Gasteiger partial charge on any atom is -0.495 e. The lowest BCUT2D eigenvalue weighted by molar-refractivity contribution is -0.130. The van der Waals surface area contributed by atoms with Crippen LogP contribution in [0.4, 0.5) is 5.13 Å². The number of hydrogen-bond donors (Lipinski definition) is 0. The molecule has 0 saturated carbocycles. The Morgan fingerprint density at radius 3 is 2.41 bits per heavy atom. The third-order valence-electron chi connectivity index (χ3n) is 5.97. The molecule has 2 heterocycles. The summed E-state index contributed by atoms with van der Waals surface area (Å²) in [5.41, 5.74) is 1.88. The molecule has 0 aliphatic carbocycles. The lowest BCUT2D eigenvalue weighted by atomic mass is 10.0. The van der Waals surface area contributed by atoms with Crippen molar-refractivity contribution >= 4 is 43.4 Å². The average molecular weight is 448 g/mol. The Kier molecular flexibility index (Phi) is 5.57. The Bertz CT molecular complexity index is 1240. The molecule has 164 valence electrons. The van der Waals surface area contributed by atoms with Crippen LogP contribution in [0.25, 0.3) is 21.0 Å². The summed E-state index contributed by atoms with van der Waals surface area (Å²) in [7, 11) is 3.32. The molecule has 3 aromatic carbocycles. The monoisotopic (exact) mass is 447 g/mol. The standard InChI is InChI=1S/C25H25N3O3S/c1-30-20-9-10-21(31-2)24-23(20)26-25(32-24)28-13-11-27(12-14-28)22(29)16-17-7-8-18-5-3-4-6-19(18)15-17/h3-10,15H,11-14,16H2,1-2H3. The first-order valence-corrected chi connectivity index (χ1v) is 11.5. The van der Waals surface area contributed by atoms with E-state index in [0.29, 0.717) is 19.5 Å². The number of nitrogens with zero attached hydrogens (tertiary/aromatic N) is 3. The maximum atomic E-state index is 12.9. The Balaban J connectivity index is 1.27. The van der Waals surface area contributed by atoms with Crippen molar-refractivity contribution in [3.8, 4) is 11.5 Å². The van der Waals surface area contributed by atoms with Gasteiger partial charge < -0.3 is 19.3 Å². The number of carbonyl (C=O) groups excluding carboxylic acids is 1. The smallest absolute Gasteiger partial charge is 0.227 e. The molecule has 4 aromatic rings. The topological polar surface area (TPSA) is 54.9 Å². The predicted molar refractivity (Wildman–Crippen MR) is 129 cm³/mol. The number of aromatic nitrogens is 1. The molecule has 1 aromatic heterocycles. The van der Waals surface area contributed by atoms with Gasteiger partial charge in [0.25, 0.3) is 0 Å².